The smallest absolute Gasteiger partial charge is 0.194 e. The van der Waals surface area contributed by atoms with Crippen LogP contribution in [-0.2, 0) is 6.54 Å². The Hall–Kier alpha value is -2.36. The Morgan fingerprint density at radius 2 is 1.79 bits per heavy atom. The Kier molecular flexibility index (Phi) is 8.69. The van der Waals surface area contributed by atoms with Gasteiger partial charge in [-0.3, -0.25) is 4.99 Å². The number of rotatable bonds is 5. The molecule has 1 aliphatic rings. The lowest BCUT2D eigenvalue weighted by molar-refractivity contribution is 0.368. The first-order valence-electron chi connectivity index (χ1n) is 9.35. The van der Waals surface area contributed by atoms with Gasteiger partial charge in [0, 0.05) is 51.4 Å². The van der Waals surface area contributed by atoms with Crippen molar-refractivity contribution in [3.05, 3.63) is 48.0 Å². The van der Waals surface area contributed by atoms with Gasteiger partial charge in [0.25, 0.3) is 0 Å². The van der Waals surface area contributed by atoms with Crippen LogP contribution < -0.4 is 19.7 Å². The molecule has 2 aromatic carbocycles. The fourth-order valence-corrected chi connectivity index (χ4v) is 3.40. The average molecular weight is 512 g/mol. The van der Waals surface area contributed by atoms with Crippen molar-refractivity contribution >= 4 is 35.6 Å². The molecular weight excluding hydrogens is 483 g/mol. The first-order valence-corrected chi connectivity index (χ1v) is 9.35. The summed E-state index contributed by atoms with van der Waals surface area (Å²) in [5.41, 5.74) is 1.92. The van der Waals surface area contributed by atoms with Crippen molar-refractivity contribution in [2.45, 2.75) is 6.54 Å². The zero-order valence-electron chi connectivity index (χ0n) is 17.1. The number of benzene rings is 2. The van der Waals surface area contributed by atoms with Crippen LogP contribution in [0.1, 0.15) is 5.56 Å². The summed E-state index contributed by atoms with van der Waals surface area (Å²) < 4.78 is 10.7. The first kappa shape index (κ1) is 22.9. The Morgan fingerprint density at radius 3 is 2.41 bits per heavy atom. The maximum Gasteiger partial charge on any atom is 0.194 e. The molecule has 2 N–H and O–H groups in total. The van der Waals surface area contributed by atoms with E-state index in [1.807, 2.05) is 36.4 Å². The lowest BCUT2D eigenvalue weighted by Crippen LogP contribution is -2.52. The molecule has 0 unspecified atom stereocenters. The molecule has 158 valence electrons. The quantitative estimate of drug-likeness (QED) is 0.365. The average Bonchev–Trinajstić information content (AvgIpc) is 2.75. The van der Waals surface area contributed by atoms with Crippen molar-refractivity contribution in [3.8, 4) is 17.2 Å². The van der Waals surface area contributed by atoms with Crippen molar-refractivity contribution in [1.82, 2.24) is 10.2 Å². The second-order valence-electron chi connectivity index (χ2n) is 6.54. The summed E-state index contributed by atoms with van der Waals surface area (Å²) in [5.74, 6) is 2.73. The number of para-hydroxylation sites is 2. The number of nitrogens with one attached hydrogen (secondary N) is 1. The summed E-state index contributed by atoms with van der Waals surface area (Å²) in [4.78, 5) is 8.86. The van der Waals surface area contributed by atoms with Crippen LogP contribution in [0.25, 0.3) is 0 Å². The van der Waals surface area contributed by atoms with Gasteiger partial charge in [-0.1, -0.05) is 12.1 Å². The van der Waals surface area contributed by atoms with E-state index in [4.69, 9.17) is 9.47 Å². The summed E-state index contributed by atoms with van der Waals surface area (Å²) in [7, 11) is 5.09. The third-order valence-corrected chi connectivity index (χ3v) is 4.94. The van der Waals surface area contributed by atoms with Gasteiger partial charge in [0.05, 0.1) is 19.9 Å². The van der Waals surface area contributed by atoms with Crippen molar-refractivity contribution in [1.29, 1.82) is 0 Å². The Morgan fingerprint density at radius 1 is 1.07 bits per heavy atom. The van der Waals surface area contributed by atoms with Gasteiger partial charge in [-0.15, -0.1) is 24.0 Å². The molecule has 0 aliphatic carbocycles. The number of halogens is 1. The number of hydrogen-bond donors (Lipinski definition) is 2. The van der Waals surface area contributed by atoms with Crippen LogP contribution in [0.3, 0.4) is 0 Å². The zero-order chi connectivity index (χ0) is 19.9. The largest absolute Gasteiger partial charge is 0.506 e. The Labute approximate surface area is 189 Å². The molecule has 8 heteroatoms. The highest BCUT2D eigenvalue weighted by atomic mass is 127. The minimum Gasteiger partial charge on any atom is -0.506 e. The van der Waals surface area contributed by atoms with Crippen LogP contribution in [0.4, 0.5) is 5.69 Å². The Bertz CT molecular complexity index is 823. The maximum atomic E-state index is 10.1. The van der Waals surface area contributed by atoms with Gasteiger partial charge in [0.2, 0.25) is 0 Å². The van der Waals surface area contributed by atoms with E-state index in [1.165, 1.54) is 0 Å². The minimum absolute atomic E-state index is 0. The van der Waals surface area contributed by atoms with Gasteiger partial charge in [0.15, 0.2) is 5.96 Å². The van der Waals surface area contributed by atoms with Crippen LogP contribution in [0.5, 0.6) is 17.2 Å². The highest BCUT2D eigenvalue weighted by molar-refractivity contribution is 14.0. The van der Waals surface area contributed by atoms with Gasteiger partial charge >= 0.3 is 0 Å². The standard InChI is InChI=1S/C21H28N4O3.HI/c1-22-21(23-15-16-8-9-17(27-2)14-20(16)28-3)25-12-10-24(11-13-25)18-6-4-5-7-19(18)26;/h4-9,14,26H,10-13,15H2,1-3H3,(H,22,23);1H. The summed E-state index contributed by atoms with van der Waals surface area (Å²) in [6, 6.07) is 13.3. The number of hydrogen-bond acceptors (Lipinski definition) is 5. The maximum absolute atomic E-state index is 10.1. The van der Waals surface area contributed by atoms with E-state index in [-0.39, 0.29) is 24.0 Å². The van der Waals surface area contributed by atoms with E-state index in [0.717, 1.165) is 54.9 Å². The van der Waals surface area contributed by atoms with Crippen molar-refractivity contribution in [2.24, 2.45) is 4.99 Å². The second kappa shape index (κ2) is 11.0. The molecule has 1 heterocycles. The van der Waals surface area contributed by atoms with Gasteiger partial charge in [-0.05, 0) is 24.3 Å². The lowest BCUT2D eigenvalue weighted by Gasteiger charge is -2.37. The molecule has 1 fully saturated rings. The fraction of sp³-hybridized carbons (Fsp3) is 0.381. The van der Waals surface area contributed by atoms with Crippen LogP contribution in [-0.4, -0.2) is 63.4 Å². The Balaban J connectivity index is 0.00000300. The molecule has 0 saturated carbocycles. The summed E-state index contributed by atoms with van der Waals surface area (Å²) in [6.45, 7) is 3.91. The lowest BCUT2D eigenvalue weighted by atomic mass is 10.2. The predicted octanol–water partition coefficient (Wildman–Crippen LogP) is 2.93. The molecule has 0 spiro atoms. The molecule has 29 heavy (non-hydrogen) atoms. The van der Waals surface area contributed by atoms with Gasteiger partial charge < -0.3 is 29.7 Å². The number of aliphatic imine (C=N–C) groups is 1. The zero-order valence-corrected chi connectivity index (χ0v) is 19.4. The number of piperazine rings is 1. The van der Waals surface area contributed by atoms with E-state index in [9.17, 15) is 5.11 Å². The van der Waals surface area contributed by atoms with Crippen LogP contribution >= 0.6 is 24.0 Å². The monoisotopic (exact) mass is 512 g/mol. The molecule has 3 rings (SSSR count). The van der Waals surface area contributed by atoms with E-state index in [2.05, 4.69) is 20.1 Å². The number of aromatic hydroxyl groups is 1. The SMILES string of the molecule is CN=C(NCc1ccc(OC)cc1OC)N1CCN(c2ccccc2O)CC1.I. The third kappa shape index (κ3) is 5.59. The first-order chi connectivity index (χ1) is 13.7. The number of anilines is 1. The number of phenolic OH excluding ortho intramolecular Hbond substituents is 1. The van der Waals surface area contributed by atoms with Crippen molar-refractivity contribution in [2.75, 3.05) is 52.3 Å². The van der Waals surface area contributed by atoms with Crippen molar-refractivity contribution < 1.29 is 14.6 Å². The normalized spacial score (nSPS) is 14.2. The number of methoxy groups -OCH3 is 2. The highest BCUT2D eigenvalue weighted by Crippen LogP contribution is 2.27. The third-order valence-electron chi connectivity index (χ3n) is 4.94. The molecule has 0 aromatic heterocycles. The van der Waals surface area contributed by atoms with Crippen LogP contribution in [0.2, 0.25) is 0 Å². The molecular formula is C21H29IN4O3. The van der Waals surface area contributed by atoms with Gasteiger partial charge in [0.1, 0.15) is 17.2 Å². The molecule has 2 aromatic rings. The number of guanidine groups is 1. The summed E-state index contributed by atoms with van der Waals surface area (Å²) in [6.07, 6.45) is 0. The molecule has 1 saturated heterocycles. The van der Waals surface area contributed by atoms with E-state index >= 15 is 0 Å². The highest BCUT2D eigenvalue weighted by Gasteiger charge is 2.21. The van der Waals surface area contributed by atoms with Crippen LogP contribution in [0, 0.1) is 0 Å². The second-order valence-corrected chi connectivity index (χ2v) is 6.54. The summed E-state index contributed by atoms with van der Waals surface area (Å²) >= 11 is 0. The fourth-order valence-electron chi connectivity index (χ4n) is 3.40. The van der Waals surface area contributed by atoms with Gasteiger partial charge in [-0.25, -0.2) is 0 Å². The molecule has 0 bridgehead atoms. The van der Waals surface area contributed by atoms with E-state index in [1.54, 1.807) is 27.3 Å². The molecule has 1 aliphatic heterocycles. The topological polar surface area (TPSA) is 69.6 Å². The number of phenols is 1. The number of nitrogens with zero attached hydrogens (tertiary/aromatic N) is 3. The molecule has 0 atom stereocenters. The van der Waals surface area contributed by atoms with Crippen LogP contribution in [0.15, 0.2) is 47.5 Å². The minimum atomic E-state index is 0. The van der Waals surface area contributed by atoms with E-state index in [0.29, 0.717) is 12.3 Å². The molecule has 7 nitrogen and oxygen atoms in total. The van der Waals surface area contributed by atoms with E-state index < -0.39 is 0 Å². The molecule has 0 radical (unpaired) electrons. The molecule has 0 amide bonds. The predicted molar refractivity (Wildman–Crippen MR) is 127 cm³/mol. The van der Waals surface area contributed by atoms with Crippen molar-refractivity contribution in [3.63, 3.8) is 0 Å². The summed E-state index contributed by atoms with van der Waals surface area (Å²) in [5, 5.41) is 13.5. The van der Waals surface area contributed by atoms with Gasteiger partial charge in [-0.2, -0.15) is 0 Å². The number of ether oxygens (including phenoxy) is 2.